The molecule has 1 N–H and O–H groups in total. The molecule has 0 aliphatic carbocycles. The van der Waals surface area contributed by atoms with Gasteiger partial charge in [-0.05, 0) is 19.1 Å². The lowest BCUT2D eigenvalue weighted by Gasteiger charge is -2.02. The first-order chi connectivity index (χ1) is 9.70. The lowest BCUT2D eigenvalue weighted by Crippen LogP contribution is -2.26. The van der Waals surface area contributed by atoms with Crippen LogP contribution in [0.5, 0.6) is 0 Å². The summed E-state index contributed by atoms with van der Waals surface area (Å²) in [6.07, 6.45) is -0.151. The van der Waals surface area contributed by atoms with Gasteiger partial charge >= 0.3 is 6.09 Å². The third kappa shape index (κ3) is 3.53. The van der Waals surface area contributed by atoms with Crippen LogP contribution in [0.2, 0.25) is 0 Å². The molecule has 1 heterocycles. The second-order valence-electron chi connectivity index (χ2n) is 3.89. The minimum absolute atomic E-state index is 0.189. The second kappa shape index (κ2) is 6.65. The minimum atomic E-state index is -0.499. The topological polar surface area (TPSA) is 77.2 Å². The van der Waals surface area contributed by atoms with Crippen molar-refractivity contribution >= 4 is 6.09 Å². The molecule has 1 amide bonds. The zero-order chi connectivity index (χ0) is 14.4. The highest BCUT2D eigenvalue weighted by Gasteiger charge is 2.12. The maximum atomic E-state index is 13.5. The maximum absolute atomic E-state index is 13.5. The molecule has 0 spiro atoms. The van der Waals surface area contributed by atoms with Crippen molar-refractivity contribution in [2.45, 2.75) is 13.3 Å². The standard InChI is InChI=1S/C13H14FN3O3/c1-2-19-13(18)15-8-7-11-16-12(17-20-11)9-5-3-4-6-10(9)14/h3-6H,2,7-8H2,1H3,(H,15,18). The van der Waals surface area contributed by atoms with Gasteiger partial charge in [-0.3, -0.25) is 0 Å². The highest BCUT2D eigenvalue weighted by atomic mass is 19.1. The van der Waals surface area contributed by atoms with Crippen LogP contribution in [0, 0.1) is 5.82 Å². The van der Waals surface area contributed by atoms with Crippen LogP contribution >= 0.6 is 0 Å². The Balaban J connectivity index is 1.93. The summed E-state index contributed by atoms with van der Waals surface area (Å²) in [6, 6.07) is 6.17. The van der Waals surface area contributed by atoms with Crippen molar-refractivity contribution in [3.05, 3.63) is 36.0 Å². The highest BCUT2D eigenvalue weighted by Crippen LogP contribution is 2.19. The Morgan fingerprint density at radius 2 is 2.25 bits per heavy atom. The zero-order valence-electron chi connectivity index (χ0n) is 10.9. The Labute approximate surface area is 114 Å². The maximum Gasteiger partial charge on any atom is 0.407 e. The molecule has 0 atom stereocenters. The fraction of sp³-hybridized carbons (Fsp3) is 0.308. The van der Waals surface area contributed by atoms with E-state index in [4.69, 9.17) is 9.26 Å². The Morgan fingerprint density at radius 3 is 3.00 bits per heavy atom. The van der Waals surface area contributed by atoms with Crippen LogP contribution in [0.3, 0.4) is 0 Å². The summed E-state index contributed by atoms with van der Waals surface area (Å²) < 4.78 is 23.2. The number of nitrogens with one attached hydrogen (secondary N) is 1. The van der Waals surface area contributed by atoms with Crippen LogP contribution in [-0.4, -0.2) is 29.4 Å². The van der Waals surface area contributed by atoms with E-state index in [1.165, 1.54) is 6.07 Å². The molecule has 0 saturated carbocycles. The molecule has 2 aromatic rings. The van der Waals surface area contributed by atoms with Gasteiger partial charge in [0.2, 0.25) is 11.7 Å². The molecule has 1 aromatic carbocycles. The molecule has 0 bridgehead atoms. The van der Waals surface area contributed by atoms with Gasteiger partial charge in [-0.25, -0.2) is 9.18 Å². The highest BCUT2D eigenvalue weighted by molar-refractivity contribution is 5.67. The summed E-state index contributed by atoms with van der Waals surface area (Å²) in [4.78, 5) is 15.1. The molecular formula is C13H14FN3O3. The predicted octanol–water partition coefficient (Wildman–Crippen LogP) is 2.16. The molecule has 106 valence electrons. The molecular weight excluding hydrogens is 265 g/mol. The average molecular weight is 279 g/mol. The number of benzene rings is 1. The van der Waals surface area contributed by atoms with E-state index in [1.54, 1.807) is 25.1 Å². The van der Waals surface area contributed by atoms with Crippen LogP contribution in [-0.2, 0) is 11.2 Å². The smallest absolute Gasteiger partial charge is 0.407 e. The lowest BCUT2D eigenvalue weighted by molar-refractivity contribution is 0.152. The molecule has 1 aromatic heterocycles. The van der Waals surface area contributed by atoms with Gasteiger partial charge in [0, 0.05) is 13.0 Å². The van der Waals surface area contributed by atoms with Gasteiger partial charge in [-0.15, -0.1) is 0 Å². The molecule has 7 heteroatoms. The van der Waals surface area contributed by atoms with E-state index in [1.807, 2.05) is 0 Å². The number of rotatable bonds is 5. The van der Waals surface area contributed by atoms with Crippen LogP contribution < -0.4 is 5.32 Å². The number of carbonyl (C=O) groups excluding carboxylic acids is 1. The summed E-state index contributed by atoms with van der Waals surface area (Å²) in [5.74, 6) is 0.0961. The molecule has 6 nitrogen and oxygen atoms in total. The number of alkyl carbamates (subject to hydrolysis) is 1. The molecule has 20 heavy (non-hydrogen) atoms. The van der Waals surface area contributed by atoms with Gasteiger partial charge in [0.05, 0.1) is 12.2 Å². The van der Waals surface area contributed by atoms with E-state index in [0.29, 0.717) is 25.5 Å². The molecule has 0 fully saturated rings. The van der Waals surface area contributed by atoms with Crippen molar-refractivity contribution in [3.63, 3.8) is 0 Å². The van der Waals surface area contributed by atoms with Gasteiger partial charge in [-0.1, -0.05) is 17.3 Å². The first kappa shape index (κ1) is 14.0. The van der Waals surface area contributed by atoms with Crippen LogP contribution in [0.4, 0.5) is 9.18 Å². The number of hydrogen-bond donors (Lipinski definition) is 1. The molecule has 0 saturated heterocycles. The third-order valence-corrected chi connectivity index (χ3v) is 2.47. The summed E-state index contributed by atoms with van der Waals surface area (Å²) in [5, 5.41) is 6.24. The van der Waals surface area contributed by atoms with Gasteiger partial charge in [0.25, 0.3) is 0 Å². The van der Waals surface area contributed by atoms with Crippen LogP contribution in [0.25, 0.3) is 11.4 Å². The average Bonchev–Trinajstić information content (AvgIpc) is 2.88. The molecule has 2 rings (SSSR count). The molecule has 0 aliphatic heterocycles. The van der Waals surface area contributed by atoms with Gasteiger partial charge in [0.15, 0.2) is 0 Å². The Morgan fingerprint density at radius 1 is 1.45 bits per heavy atom. The number of carbonyl (C=O) groups is 1. The van der Waals surface area contributed by atoms with E-state index >= 15 is 0 Å². The number of amides is 1. The quantitative estimate of drug-likeness (QED) is 0.907. The van der Waals surface area contributed by atoms with E-state index in [2.05, 4.69) is 15.5 Å². The lowest BCUT2D eigenvalue weighted by atomic mass is 10.2. The van der Waals surface area contributed by atoms with E-state index in [9.17, 15) is 9.18 Å². The van der Waals surface area contributed by atoms with E-state index in [-0.39, 0.29) is 11.4 Å². The van der Waals surface area contributed by atoms with Gasteiger partial charge in [0.1, 0.15) is 5.82 Å². The Kier molecular flexibility index (Phi) is 4.65. The summed E-state index contributed by atoms with van der Waals surface area (Å²) in [6.45, 7) is 2.33. The second-order valence-corrected chi connectivity index (χ2v) is 3.89. The molecule has 0 unspecified atom stereocenters. The Hall–Kier alpha value is -2.44. The normalized spacial score (nSPS) is 10.3. The SMILES string of the molecule is CCOC(=O)NCCc1nc(-c2ccccc2F)no1. The van der Waals surface area contributed by atoms with Crippen molar-refractivity contribution in [1.29, 1.82) is 0 Å². The number of hydrogen-bond acceptors (Lipinski definition) is 5. The monoisotopic (exact) mass is 279 g/mol. The number of nitrogens with zero attached hydrogens (tertiary/aromatic N) is 2. The molecule has 0 aliphatic rings. The largest absolute Gasteiger partial charge is 0.450 e. The van der Waals surface area contributed by atoms with Crippen molar-refractivity contribution in [1.82, 2.24) is 15.5 Å². The zero-order valence-corrected chi connectivity index (χ0v) is 10.9. The van der Waals surface area contributed by atoms with Gasteiger partial charge < -0.3 is 14.6 Å². The van der Waals surface area contributed by atoms with Crippen molar-refractivity contribution in [2.75, 3.05) is 13.2 Å². The first-order valence-electron chi connectivity index (χ1n) is 6.18. The van der Waals surface area contributed by atoms with Gasteiger partial charge in [-0.2, -0.15) is 4.98 Å². The minimum Gasteiger partial charge on any atom is -0.450 e. The molecule has 0 radical (unpaired) electrons. The fourth-order valence-electron chi connectivity index (χ4n) is 1.56. The van der Waals surface area contributed by atoms with Crippen molar-refractivity contribution in [3.8, 4) is 11.4 Å². The van der Waals surface area contributed by atoms with Crippen molar-refractivity contribution < 1.29 is 18.4 Å². The number of ether oxygens (including phenoxy) is 1. The van der Waals surface area contributed by atoms with E-state index in [0.717, 1.165) is 0 Å². The van der Waals surface area contributed by atoms with Crippen LogP contribution in [0.1, 0.15) is 12.8 Å². The fourth-order valence-corrected chi connectivity index (χ4v) is 1.56. The summed E-state index contributed by atoms with van der Waals surface area (Å²) >= 11 is 0. The summed E-state index contributed by atoms with van der Waals surface area (Å²) in [7, 11) is 0. The Bertz CT molecular complexity index is 586. The first-order valence-corrected chi connectivity index (χ1v) is 6.18. The third-order valence-electron chi connectivity index (χ3n) is 2.47. The summed E-state index contributed by atoms with van der Waals surface area (Å²) in [5.41, 5.74) is 0.279. The number of aromatic nitrogens is 2. The number of halogens is 1. The predicted molar refractivity (Wildman–Crippen MR) is 68.4 cm³/mol. The van der Waals surface area contributed by atoms with Crippen molar-refractivity contribution in [2.24, 2.45) is 0 Å². The van der Waals surface area contributed by atoms with E-state index < -0.39 is 11.9 Å². The van der Waals surface area contributed by atoms with Crippen LogP contribution in [0.15, 0.2) is 28.8 Å².